The molecule has 1 atom stereocenters. The molecule has 1 heterocycles. The van der Waals surface area contributed by atoms with Gasteiger partial charge in [0.25, 0.3) is 0 Å². The van der Waals surface area contributed by atoms with Crippen LogP contribution < -0.4 is 5.32 Å². The minimum atomic E-state index is -0.827. The fraction of sp³-hybridized carbons (Fsp3) is 0.333. The van der Waals surface area contributed by atoms with Gasteiger partial charge in [0.1, 0.15) is 0 Å². The van der Waals surface area contributed by atoms with Crippen molar-refractivity contribution in [2.24, 2.45) is 0 Å². The molecule has 0 amide bonds. The molecule has 0 saturated heterocycles. The predicted molar refractivity (Wildman–Crippen MR) is 76.8 cm³/mol. The Morgan fingerprint density at radius 2 is 1.94 bits per heavy atom. The Balaban J connectivity index is 1.92. The van der Waals surface area contributed by atoms with Gasteiger partial charge in [-0.2, -0.15) is 0 Å². The van der Waals surface area contributed by atoms with E-state index in [-0.39, 0.29) is 0 Å². The minimum Gasteiger partial charge on any atom is -0.384 e. The van der Waals surface area contributed by atoms with Crippen molar-refractivity contribution in [3.05, 3.63) is 57.8 Å². The zero-order chi connectivity index (χ0) is 13.0. The fourth-order valence-electron chi connectivity index (χ4n) is 1.90. The molecule has 0 aliphatic rings. The Labute approximate surface area is 112 Å². The number of aryl methyl sites for hydroxylation is 1. The van der Waals surface area contributed by atoms with E-state index in [9.17, 15) is 5.11 Å². The van der Waals surface area contributed by atoms with Gasteiger partial charge in [-0.3, -0.25) is 0 Å². The standard InChI is InChI=1S/C15H19NOS/c1-12-8-9-18-14(12)10-16-11-15(2,17)13-6-4-3-5-7-13/h3-9,16-17H,10-11H2,1-2H3. The first-order valence-corrected chi connectivity index (χ1v) is 6.99. The highest BCUT2D eigenvalue weighted by Crippen LogP contribution is 2.20. The summed E-state index contributed by atoms with van der Waals surface area (Å²) in [6.45, 7) is 5.32. The van der Waals surface area contributed by atoms with Crippen LogP contribution >= 0.6 is 11.3 Å². The molecule has 0 radical (unpaired) electrons. The molecule has 2 rings (SSSR count). The maximum Gasteiger partial charge on any atom is 0.0992 e. The third kappa shape index (κ3) is 3.19. The number of nitrogens with one attached hydrogen (secondary N) is 1. The largest absolute Gasteiger partial charge is 0.384 e. The molecule has 0 spiro atoms. The summed E-state index contributed by atoms with van der Waals surface area (Å²) >= 11 is 1.75. The van der Waals surface area contributed by atoms with Crippen molar-refractivity contribution in [3.8, 4) is 0 Å². The van der Waals surface area contributed by atoms with E-state index in [0.717, 1.165) is 12.1 Å². The Kier molecular flexibility index (Phi) is 4.17. The molecule has 2 aromatic rings. The zero-order valence-corrected chi connectivity index (χ0v) is 11.6. The summed E-state index contributed by atoms with van der Waals surface area (Å²) in [6, 6.07) is 11.9. The molecule has 3 heteroatoms. The van der Waals surface area contributed by atoms with Crippen molar-refractivity contribution in [2.75, 3.05) is 6.54 Å². The molecule has 2 N–H and O–H groups in total. The van der Waals surface area contributed by atoms with Crippen LogP contribution in [0.4, 0.5) is 0 Å². The highest BCUT2D eigenvalue weighted by atomic mass is 32.1. The molecule has 0 fully saturated rings. The van der Waals surface area contributed by atoms with Crippen molar-refractivity contribution < 1.29 is 5.11 Å². The van der Waals surface area contributed by atoms with Gasteiger partial charge in [0.05, 0.1) is 5.60 Å². The minimum absolute atomic E-state index is 0.550. The molecule has 0 bridgehead atoms. The van der Waals surface area contributed by atoms with Gasteiger partial charge in [-0.05, 0) is 36.4 Å². The summed E-state index contributed by atoms with van der Waals surface area (Å²) in [5, 5.41) is 15.9. The van der Waals surface area contributed by atoms with E-state index in [0.29, 0.717) is 6.54 Å². The number of hydrogen-bond donors (Lipinski definition) is 2. The maximum atomic E-state index is 10.4. The van der Waals surface area contributed by atoms with Crippen LogP contribution in [0.5, 0.6) is 0 Å². The first kappa shape index (κ1) is 13.3. The van der Waals surface area contributed by atoms with Crippen LogP contribution in [0.25, 0.3) is 0 Å². The van der Waals surface area contributed by atoms with Crippen molar-refractivity contribution in [2.45, 2.75) is 26.0 Å². The molecule has 1 aromatic heterocycles. The topological polar surface area (TPSA) is 32.3 Å². The van der Waals surface area contributed by atoms with Crippen LogP contribution in [0.2, 0.25) is 0 Å². The van der Waals surface area contributed by atoms with Crippen LogP contribution in [0.15, 0.2) is 41.8 Å². The maximum absolute atomic E-state index is 10.4. The summed E-state index contributed by atoms with van der Waals surface area (Å²) < 4.78 is 0. The molecule has 1 unspecified atom stereocenters. The number of aliphatic hydroxyl groups is 1. The monoisotopic (exact) mass is 261 g/mol. The van der Waals surface area contributed by atoms with Crippen molar-refractivity contribution in [1.29, 1.82) is 0 Å². The molecule has 0 aliphatic heterocycles. The summed E-state index contributed by atoms with van der Waals surface area (Å²) in [7, 11) is 0. The van der Waals surface area contributed by atoms with E-state index < -0.39 is 5.60 Å². The molecule has 0 saturated carbocycles. The lowest BCUT2D eigenvalue weighted by Gasteiger charge is -2.24. The Morgan fingerprint density at radius 3 is 2.56 bits per heavy atom. The number of rotatable bonds is 5. The predicted octanol–water partition coefficient (Wildman–Crippen LogP) is 3.05. The average molecular weight is 261 g/mol. The van der Waals surface area contributed by atoms with Gasteiger partial charge in [0.2, 0.25) is 0 Å². The molecule has 0 aliphatic carbocycles. The lowest BCUT2D eigenvalue weighted by Crippen LogP contribution is -2.35. The second-order valence-corrected chi connectivity index (χ2v) is 5.77. The highest BCUT2D eigenvalue weighted by molar-refractivity contribution is 7.10. The molecule has 1 aromatic carbocycles. The summed E-state index contributed by atoms with van der Waals surface area (Å²) in [5.74, 6) is 0. The normalized spacial score (nSPS) is 14.4. The quantitative estimate of drug-likeness (QED) is 0.867. The Bertz CT molecular complexity index is 490. The van der Waals surface area contributed by atoms with Gasteiger partial charge in [-0.25, -0.2) is 0 Å². The van der Waals surface area contributed by atoms with E-state index >= 15 is 0 Å². The molecular weight excluding hydrogens is 242 g/mol. The SMILES string of the molecule is Cc1ccsc1CNCC(C)(O)c1ccccc1. The van der Waals surface area contributed by atoms with E-state index in [2.05, 4.69) is 23.7 Å². The van der Waals surface area contributed by atoms with Crippen molar-refractivity contribution >= 4 is 11.3 Å². The van der Waals surface area contributed by atoms with Crippen LogP contribution in [-0.2, 0) is 12.1 Å². The van der Waals surface area contributed by atoms with Gasteiger partial charge < -0.3 is 10.4 Å². The Morgan fingerprint density at radius 1 is 1.22 bits per heavy atom. The van der Waals surface area contributed by atoms with Crippen molar-refractivity contribution in [1.82, 2.24) is 5.32 Å². The third-order valence-corrected chi connectivity index (χ3v) is 4.14. The average Bonchev–Trinajstić information content (AvgIpc) is 2.76. The van der Waals surface area contributed by atoms with E-state index in [1.165, 1.54) is 10.4 Å². The molecule has 2 nitrogen and oxygen atoms in total. The van der Waals surface area contributed by atoms with E-state index in [1.54, 1.807) is 11.3 Å². The van der Waals surface area contributed by atoms with Gasteiger partial charge in [0, 0.05) is 18.0 Å². The number of thiophene rings is 1. The highest BCUT2D eigenvalue weighted by Gasteiger charge is 2.22. The van der Waals surface area contributed by atoms with E-state index in [4.69, 9.17) is 0 Å². The van der Waals surface area contributed by atoms with Gasteiger partial charge in [-0.15, -0.1) is 11.3 Å². The Hall–Kier alpha value is -1.16. The molecule has 18 heavy (non-hydrogen) atoms. The van der Waals surface area contributed by atoms with Crippen LogP contribution in [0.3, 0.4) is 0 Å². The fourth-order valence-corrected chi connectivity index (χ4v) is 2.78. The first-order chi connectivity index (χ1) is 8.59. The molecular formula is C15H19NOS. The zero-order valence-electron chi connectivity index (χ0n) is 10.8. The van der Waals surface area contributed by atoms with Gasteiger partial charge >= 0.3 is 0 Å². The lowest BCUT2D eigenvalue weighted by atomic mass is 9.96. The van der Waals surface area contributed by atoms with Crippen LogP contribution in [-0.4, -0.2) is 11.7 Å². The van der Waals surface area contributed by atoms with Gasteiger partial charge in [0.15, 0.2) is 0 Å². The summed E-state index contributed by atoms with van der Waals surface area (Å²) in [6.07, 6.45) is 0. The van der Waals surface area contributed by atoms with Crippen LogP contribution in [0.1, 0.15) is 22.9 Å². The lowest BCUT2D eigenvalue weighted by molar-refractivity contribution is 0.0567. The third-order valence-electron chi connectivity index (χ3n) is 3.12. The molecule has 96 valence electrons. The van der Waals surface area contributed by atoms with Gasteiger partial charge in [-0.1, -0.05) is 30.3 Å². The second kappa shape index (κ2) is 5.65. The smallest absolute Gasteiger partial charge is 0.0992 e. The number of benzene rings is 1. The van der Waals surface area contributed by atoms with Crippen molar-refractivity contribution in [3.63, 3.8) is 0 Å². The summed E-state index contributed by atoms with van der Waals surface area (Å²) in [5.41, 5.74) is 1.43. The summed E-state index contributed by atoms with van der Waals surface area (Å²) in [4.78, 5) is 1.33. The second-order valence-electron chi connectivity index (χ2n) is 4.77. The first-order valence-electron chi connectivity index (χ1n) is 6.11. The van der Waals surface area contributed by atoms with Crippen LogP contribution in [0, 0.1) is 6.92 Å². The van der Waals surface area contributed by atoms with E-state index in [1.807, 2.05) is 37.3 Å². The number of hydrogen-bond acceptors (Lipinski definition) is 3.